The fourth-order valence-corrected chi connectivity index (χ4v) is 3.31. The second-order valence-electron chi connectivity index (χ2n) is 5.54. The number of carbonyl (C=O) groups is 2. The lowest BCUT2D eigenvalue weighted by Crippen LogP contribution is -2.26. The summed E-state index contributed by atoms with van der Waals surface area (Å²) in [4.78, 5) is 29.2. The highest BCUT2D eigenvalue weighted by Gasteiger charge is 2.24. The SMILES string of the molecule is CON(C)S(=O)(=O)c1cccc(C(=O)O[C@H](C)C(=O)c2ccc(Cl)cc2)c1. The Hall–Kier alpha value is -2.26. The molecule has 0 saturated carbocycles. The lowest BCUT2D eigenvalue weighted by molar-refractivity contribution is -0.0258. The zero-order chi connectivity index (χ0) is 20.2. The second kappa shape index (κ2) is 8.62. The summed E-state index contributed by atoms with van der Waals surface area (Å²) < 4.78 is 30.4. The van der Waals surface area contributed by atoms with Crippen molar-refractivity contribution >= 4 is 33.4 Å². The molecule has 1 atom stereocenters. The molecule has 0 aliphatic carbocycles. The number of hydrogen-bond donors (Lipinski definition) is 0. The maximum atomic E-state index is 12.3. The van der Waals surface area contributed by atoms with Crippen LogP contribution in [0.3, 0.4) is 0 Å². The summed E-state index contributed by atoms with van der Waals surface area (Å²) in [7, 11) is -1.48. The largest absolute Gasteiger partial charge is 0.451 e. The van der Waals surface area contributed by atoms with E-state index in [-0.39, 0.29) is 10.5 Å². The topological polar surface area (TPSA) is 90.0 Å². The standard InChI is InChI=1S/C18H18ClNO6S/c1-12(17(21)13-7-9-15(19)10-8-13)26-18(22)14-5-4-6-16(11-14)27(23,24)20(2)25-3/h4-12H,1-3H3/t12-/m1/s1. The molecule has 0 aromatic heterocycles. The Labute approximate surface area is 162 Å². The summed E-state index contributed by atoms with van der Waals surface area (Å²) in [5.41, 5.74) is 0.342. The van der Waals surface area contributed by atoms with Crippen LogP contribution in [0.2, 0.25) is 5.02 Å². The van der Waals surface area contributed by atoms with E-state index in [2.05, 4.69) is 0 Å². The third kappa shape index (κ3) is 4.92. The second-order valence-corrected chi connectivity index (χ2v) is 7.92. The number of benzene rings is 2. The van der Waals surface area contributed by atoms with Crippen LogP contribution in [0.4, 0.5) is 0 Å². The van der Waals surface area contributed by atoms with Gasteiger partial charge in [-0.1, -0.05) is 22.1 Å². The molecule has 27 heavy (non-hydrogen) atoms. The van der Waals surface area contributed by atoms with Gasteiger partial charge < -0.3 is 4.74 Å². The average Bonchev–Trinajstić information content (AvgIpc) is 2.67. The van der Waals surface area contributed by atoms with Crippen molar-refractivity contribution in [2.75, 3.05) is 14.2 Å². The normalized spacial score (nSPS) is 12.6. The van der Waals surface area contributed by atoms with Crippen LogP contribution in [0.5, 0.6) is 0 Å². The number of halogens is 1. The first-order chi connectivity index (χ1) is 12.7. The van der Waals surface area contributed by atoms with Crippen LogP contribution in [-0.2, 0) is 19.6 Å². The van der Waals surface area contributed by atoms with E-state index in [0.717, 1.165) is 6.07 Å². The maximum absolute atomic E-state index is 12.3. The van der Waals surface area contributed by atoms with Crippen molar-refractivity contribution in [3.8, 4) is 0 Å². The Morgan fingerprint density at radius 1 is 1.07 bits per heavy atom. The summed E-state index contributed by atoms with van der Waals surface area (Å²) in [6.45, 7) is 1.44. The molecule has 0 fully saturated rings. The van der Waals surface area contributed by atoms with Crippen molar-refractivity contribution in [2.45, 2.75) is 17.9 Å². The smallest absolute Gasteiger partial charge is 0.338 e. The van der Waals surface area contributed by atoms with Gasteiger partial charge in [-0.2, -0.15) is 0 Å². The Balaban J connectivity index is 2.17. The number of rotatable bonds is 7. The summed E-state index contributed by atoms with van der Waals surface area (Å²) >= 11 is 5.79. The fraction of sp³-hybridized carbons (Fsp3) is 0.222. The Bertz CT molecular complexity index is 943. The van der Waals surface area contributed by atoms with E-state index in [4.69, 9.17) is 21.2 Å². The number of ketones is 1. The molecule has 0 N–H and O–H groups in total. The number of carbonyl (C=O) groups excluding carboxylic acids is 2. The number of ether oxygens (including phenoxy) is 1. The van der Waals surface area contributed by atoms with E-state index in [0.29, 0.717) is 15.1 Å². The molecular formula is C18H18ClNO6S. The van der Waals surface area contributed by atoms with Crippen LogP contribution < -0.4 is 0 Å². The minimum Gasteiger partial charge on any atom is -0.451 e. The zero-order valence-corrected chi connectivity index (χ0v) is 16.5. The molecule has 0 spiro atoms. The van der Waals surface area contributed by atoms with Gasteiger partial charge in [-0.15, -0.1) is 0 Å². The molecule has 0 amide bonds. The molecule has 0 saturated heterocycles. The van der Waals surface area contributed by atoms with Crippen molar-refractivity contribution < 1.29 is 27.6 Å². The molecule has 9 heteroatoms. The van der Waals surface area contributed by atoms with Gasteiger partial charge in [-0.25, -0.2) is 13.2 Å². The number of nitrogens with zero attached hydrogens (tertiary/aromatic N) is 1. The minimum absolute atomic E-state index is 0.00339. The van der Waals surface area contributed by atoms with Gasteiger partial charge >= 0.3 is 5.97 Å². The number of sulfonamides is 1. The van der Waals surface area contributed by atoms with Gasteiger partial charge in [0, 0.05) is 17.6 Å². The number of esters is 1. The first-order valence-electron chi connectivity index (χ1n) is 7.80. The zero-order valence-electron chi connectivity index (χ0n) is 14.9. The van der Waals surface area contributed by atoms with Crippen LogP contribution in [0.15, 0.2) is 53.4 Å². The van der Waals surface area contributed by atoms with E-state index in [1.165, 1.54) is 51.4 Å². The molecular weight excluding hydrogens is 394 g/mol. The minimum atomic E-state index is -3.91. The van der Waals surface area contributed by atoms with Crippen molar-refractivity contribution in [3.05, 3.63) is 64.7 Å². The first-order valence-corrected chi connectivity index (χ1v) is 9.62. The van der Waals surface area contributed by atoms with E-state index >= 15 is 0 Å². The molecule has 0 aliphatic heterocycles. The van der Waals surface area contributed by atoms with Crippen molar-refractivity contribution in [3.63, 3.8) is 0 Å². The van der Waals surface area contributed by atoms with E-state index in [1.807, 2.05) is 0 Å². The summed E-state index contributed by atoms with van der Waals surface area (Å²) in [6, 6.07) is 11.5. The van der Waals surface area contributed by atoms with Gasteiger partial charge in [0.25, 0.3) is 10.0 Å². The molecule has 0 bridgehead atoms. The van der Waals surface area contributed by atoms with Gasteiger partial charge in [-0.05, 0) is 49.4 Å². The highest BCUT2D eigenvalue weighted by atomic mass is 35.5. The lowest BCUT2D eigenvalue weighted by atomic mass is 10.1. The molecule has 2 rings (SSSR count). The maximum Gasteiger partial charge on any atom is 0.338 e. The van der Waals surface area contributed by atoms with Crippen molar-refractivity contribution in [1.82, 2.24) is 4.47 Å². The number of hydroxylamine groups is 1. The van der Waals surface area contributed by atoms with Gasteiger partial charge in [0.15, 0.2) is 6.10 Å². The van der Waals surface area contributed by atoms with Crippen LogP contribution in [0, 0.1) is 0 Å². The van der Waals surface area contributed by atoms with Gasteiger partial charge in [0.05, 0.1) is 17.6 Å². The van der Waals surface area contributed by atoms with Crippen LogP contribution >= 0.6 is 11.6 Å². The third-order valence-corrected chi connectivity index (χ3v) is 5.67. The fourth-order valence-electron chi connectivity index (χ4n) is 2.16. The predicted octanol–water partition coefficient (Wildman–Crippen LogP) is 2.95. The van der Waals surface area contributed by atoms with E-state index in [1.54, 1.807) is 12.1 Å². The molecule has 2 aromatic rings. The van der Waals surface area contributed by atoms with Gasteiger partial charge in [-0.3, -0.25) is 9.63 Å². The Morgan fingerprint density at radius 3 is 2.30 bits per heavy atom. The molecule has 0 radical (unpaired) electrons. The summed E-state index contributed by atoms with van der Waals surface area (Å²) in [5.74, 6) is -1.22. The monoisotopic (exact) mass is 411 g/mol. The molecule has 144 valence electrons. The summed E-state index contributed by atoms with van der Waals surface area (Å²) in [6.07, 6.45) is -1.06. The quantitative estimate of drug-likeness (QED) is 0.395. The Kier molecular flexibility index (Phi) is 6.72. The van der Waals surface area contributed by atoms with E-state index in [9.17, 15) is 18.0 Å². The van der Waals surface area contributed by atoms with E-state index < -0.39 is 27.9 Å². The number of hydrogen-bond acceptors (Lipinski definition) is 6. The van der Waals surface area contributed by atoms with Gasteiger partial charge in [0.1, 0.15) is 0 Å². The summed E-state index contributed by atoms with van der Waals surface area (Å²) in [5, 5.41) is 0.482. The average molecular weight is 412 g/mol. The lowest BCUT2D eigenvalue weighted by Gasteiger charge is -2.15. The van der Waals surface area contributed by atoms with Crippen LogP contribution in [0.25, 0.3) is 0 Å². The molecule has 2 aromatic carbocycles. The Morgan fingerprint density at radius 2 is 1.70 bits per heavy atom. The highest BCUT2D eigenvalue weighted by molar-refractivity contribution is 7.89. The highest BCUT2D eigenvalue weighted by Crippen LogP contribution is 2.18. The first kappa shape index (κ1) is 21.0. The van der Waals surface area contributed by atoms with Crippen molar-refractivity contribution in [2.24, 2.45) is 0 Å². The van der Waals surface area contributed by atoms with Crippen molar-refractivity contribution in [1.29, 1.82) is 0 Å². The van der Waals surface area contributed by atoms with Gasteiger partial charge in [0.2, 0.25) is 5.78 Å². The predicted molar refractivity (Wildman–Crippen MR) is 99.1 cm³/mol. The molecule has 0 unspecified atom stereocenters. The number of Topliss-reactive ketones (excluding diaryl/α,β-unsaturated/α-hetero) is 1. The van der Waals surface area contributed by atoms with Crippen LogP contribution in [0.1, 0.15) is 27.6 Å². The molecule has 7 nitrogen and oxygen atoms in total. The molecule has 0 heterocycles. The third-order valence-electron chi connectivity index (χ3n) is 3.74. The molecule has 0 aliphatic rings. The van der Waals surface area contributed by atoms with Crippen LogP contribution in [-0.4, -0.2) is 44.9 Å².